The summed E-state index contributed by atoms with van der Waals surface area (Å²) in [5.74, 6) is 1.30. The summed E-state index contributed by atoms with van der Waals surface area (Å²) in [4.78, 5) is 22.2. The van der Waals surface area contributed by atoms with Gasteiger partial charge in [-0.05, 0) is 36.8 Å². The number of carbonyl (C=O) groups excluding carboxylic acids is 2. The Morgan fingerprint density at radius 3 is 1.25 bits per heavy atom. The summed E-state index contributed by atoms with van der Waals surface area (Å²) in [7, 11) is 0. The lowest BCUT2D eigenvalue weighted by Crippen LogP contribution is -1.90. The Morgan fingerprint density at radius 2 is 1.00 bits per heavy atom. The van der Waals surface area contributed by atoms with Gasteiger partial charge in [0.15, 0.2) is 11.6 Å². The molecule has 0 unspecified atom stereocenters. The van der Waals surface area contributed by atoms with Gasteiger partial charge in [-0.2, -0.15) is 0 Å². The van der Waals surface area contributed by atoms with E-state index in [-0.39, 0.29) is 11.6 Å². The average molecular weight is 333 g/mol. The Kier molecular flexibility index (Phi) is 18.1. The fourth-order valence-corrected chi connectivity index (χ4v) is 1.47. The molecule has 0 aromatic carbocycles. The van der Waals surface area contributed by atoms with Gasteiger partial charge in [0.25, 0.3) is 0 Å². The molecule has 2 nitrogen and oxygen atoms in total. The SMILES string of the molecule is CC/C=C\CC(=O)/C=C/C(C)C.CC/C=C\CC(=O)/C=C\C(C)C. The van der Waals surface area contributed by atoms with E-state index in [1.165, 1.54) is 0 Å². The largest absolute Gasteiger partial charge is 0.295 e. The van der Waals surface area contributed by atoms with Crippen LogP contribution in [0.4, 0.5) is 0 Å². The minimum absolute atomic E-state index is 0.188. The van der Waals surface area contributed by atoms with Crippen molar-refractivity contribution < 1.29 is 9.59 Å². The minimum Gasteiger partial charge on any atom is -0.295 e. The van der Waals surface area contributed by atoms with Crippen molar-refractivity contribution in [3.8, 4) is 0 Å². The quantitative estimate of drug-likeness (QED) is 0.350. The molecule has 2 heteroatoms. The fraction of sp³-hybridized carbons (Fsp3) is 0.545. The lowest BCUT2D eigenvalue weighted by atomic mass is 10.1. The summed E-state index contributed by atoms with van der Waals surface area (Å²) in [5, 5.41) is 0. The van der Waals surface area contributed by atoms with Crippen LogP contribution < -0.4 is 0 Å². The van der Waals surface area contributed by atoms with Gasteiger partial charge in [0.1, 0.15) is 0 Å². The van der Waals surface area contributed by atoms with Crippen molar-refractivity contribution in [3.05, 3.63) is 48.6 Å². The van der Waals surface area contributed by atoms with E-state index in [0.29, 0.717) is 24.7 Å². The summed E-state index contributed by atoms with van der Waals surface area (Å²) < 4.78 is 0. The lowest BCUT2D eigenvalue weighted by molar-refractivity contribution is -0.114. The highest BCUT2D eigenvalue weighted by Gasteiger charge is 1.92. The Morgan fingerprint density at radius 1 is 0.667 bits per heavy atom. The van der Waals surface area contributed by atoms with E-state index in [2.05, 4.69) is 41.5 Å². The van der Waals surface area contributed by atoms with Crippen LogP contribution in [0.1, 0.15) is 67.2 Å². The Balaban J connectivity index is 0. The van der Waals surface area contributed by atoms with Gasteiger partial charge in [-0.1, -0.05) is 78.0 Å². The van der Waals surface area contributed by atoms with E-state index in [4.69, 9.17) is 0 Å². The molecule has 0 aliphatic heterocycles. The minimum atomic E-state index is 0.188. The van der Waals surface area contributed by atoms with Crippen molar-refractivity contribution in [1.29, 1.82) is 0 Å². The second-order valence-electron chi connectivity index (χ2n) is 6.31. The Labute approximate surface area is 149 Å². The third-order valence-electron chi connectivity index (χ3n) is 2.78. The van der Waals surface area contributed by atoms with E-state index in [1.54, 1.807) is 12.2 Å². The van der Waals surface area contributed by atoms with Gasteiger partial charge in [0.2, 0.25) is 0 Å². The van der Waals surface area contributed by atoms with Crippen LogP contribution in [0.3, 0.4) is 0 Å². The van der Waals surface area contributed by atoms with Gasteiger partial charge in [-0.25, -0.2) is 0 Å². The first-order valence-corrected chi connectivity index (χ1v) is 9.05. The maximum absolute atomic E-state index is 11.1. The zero-order valence-electron chi connectivity index (χ0n) is 16.4. The molecule has 0 atom stereocenters. The molecule has 0 aliphatic carbocycles. The molecule has 0 fully saturated rings. The van der Waals surface area contributed by atoms with Gasteiger partial charge >= 0.3 is 0 Å². The van der Waals surface area contributed by atoms with Gasteiger partial charge in [0.05, 0.1) is 0 Å². The van der Waals surface area contributed by atoms with Crippen molar-refractivity contribution >= 4 is 11.6 Å². The first kappa shape index (κ1) is 24.6. The first-order valence-electron chi connectivity index (χ1n) is 9.05. The van der Waals surface area contributed by atoms with Crippen LogP contribution in [0.15, 0.2) is 48.6 Å². The summed E-state index contributed by atoms with van der Waals surface area (Å²) in [6, 6.07) is 0. The third-order valence-corrected chi connectivity index (χ3v) is 2.78. The molecule has 0 spiro atoms. The Bertz CT molecular complexity index is 393. The molecule has 0 N–H and O–H groups in total. The van der Waals surface area contributed by atoms with Crippen LogP contribution >= 0.6 is 0 Å². The monoisotopic (exact) mass is 332 g/mol. The molecule has 0 saturated heterocycles. The summed E-state index contributed by atoms with van der Waals surface area (Å²) in [6.45, 7) is 12.4. The standard InChI is InChI=1S/2C11H18O/c2*1-4-5-6-7-11(12)9-8-10(2)3/h2*5-6,8-10H,4,7H2,1-3H3/b6-5-,9-8+;6-5-,9-8-. The maximum atomic E-state index is 11.1. The number of hydrogen-bond donors (Lipinski definition) is 0. The van der Waals surface area contributed by atoms with Gasteiger partial charge < -0.3 is 0 Å². The predicted octanol–water partition coefficient (Wildman–Crippen LogP) is 6.25. The summed E-state index contributed by atoms with van der Waals surface area (Å²) >= 11 is 0. The second-order valence-corrected chi connectivity index (χ2v) is 6.31. The first-order chi connectivity index (χ1) is 11.3. The van der Waals surface area contributed by atoms with Gasteiger partial charge in [-0.15, -0.1) is 0 Å². The van der Waals surface area contributed by atoms with Gasteiger partial charge in [-0.3, -0.25) is 9.59 Å². The normalized spacial score (nSPS) is 12.0. The highest BCUT2D eigenvalue weighted by atomic mass is 16.1. The molecular formula is C22H36O2. The molecule has 0 saturated carbocycles. The lowest BCUT2D eigenvalue weighted by Gasteiger charge is -1.91. The highest BCUT2D eigenvalue weighted by molar-refractivity contribution is 5.91. The van der Waals surface area contributed by atoms with Crippen molar-refractivity contribution in [2.24, 2.45) is 11.8 Å². The molecule has 0 radical (unpaired) electrons. The molecule has 0 amide bonds. The molecule has 0 heterocycles. The zero-order chi connectivity index (χ0) is 18.8. The summed E-state index contributed by atoms with van der Waals surface area (Å²) in [6.07, 6.45) is 18.2. The molecule has 136 valence electrons. The van der Waals surface area contributed by atoms with Crippen LogP contribution in [0.2, 0.25) is 0 Å². The molecule has 0 rings (SSSR count). The van der Waals surface area contributed by atoms with Crippen LogP contribution in [-0.2, 0) is 9.59 Å². The third kappa shape index (κ3) is 22.6. The topological polar surface area (TPSA) is 34.1 Å². The van der Waals surface area contributed by atoms with Gasteiger partial charge in [0, 0.05) is 12.8 Å². The van der Waals surface area contributed by atoms with Crippen LogP contribution in [-0.4, -0.2) is 11.6 Å². The van der Waals surface area contributed by atoms with Crippen LogP contribution in [0.25, 0.3) is 0 Å². The number of hydrogen-bond acceptors (Lipinski definition) is 2. The van der Waals surface area contributed by atoms with Crippen LogP contribution in [0.5, 0.6) is 0 Å². The van der Waals surface area contributed by atoms with Crippen molar-refractivity contribution in [2.75, 3.05) is 0 Å². The average Bonchev–Trinajstić information content (AvgIpc) is 2.52. The van der Waals surface area contributed by atoms with E-state index in [1.807, 2.05) is 36.5 Å². The van der Waals surface area contributed by atoms with E-state index in [9.17, 15) is 9.59 Å². The predicted molar refractivity (Wildman–Crippen MR) is 106 cm³/mol. The number of ketones is 2. The number of carbonyl (C=O) groups is 2. The smallest absolute Gasteiger partial charge is 0.159 e. The molecular weight excluding hydrogens is 296 g/mol. The zero-order valence-corrected chi connectivity index (χ0v) is 16.4. The van der Waals surface area contributed by atoms with E-state index in [0.717, 1.165) is 12.8 Å². The highest BCUT2D eigenvalue weighted by Crippen LogP contribution is 1.97. The summed E-state index contributed by atoms with van der Waals surface area (Å²) in [5.41, 5.74) is 0. The van der Waals surface area contributed by atoms with E-state index >= 15 is 0 Å². The molecule has 0 bridgehead atoms. The molecule has 0 aliphatic rings. The molecule has 24 heavy (non-hydrogen) atoms. The van der Waals surface area contributed by atoms with Crippen molar-refractivity contribution in [3.63, 3.8) is 0 Å². The fourth-order valence-electron chi connectivity index (χ4n) is 1.47. The number of allylic oxidation sites excluding steroid dienone is 8. The second kappa shape index (κ2) is 17.7. The van der Waals surface area contributed by atoms with Crippen molar-refractivity contribution in [2.45, 2.75) is 67.2 Å². The van der Waals surface area contributed by atoms with E-state index < -0.39 is 0 Å². The maximum Gasteiger partial charge on any atom is 0.159 e. The molecule has 0 aromatic heterocycles. The molecule has 0 aromatic rings. The van der Waals surface area contributed by atoms with Crippen LogP contribution in [0, 0.1) is 11.8 Å². The van der Waals surface area contributed by atoms with Crippen molar-refractivity contribution in [1.82, 2.24) is 0 Å². The number of rotatable bonds is 10. The Hall–Kier alpha value is -1.70.